The number of rotatable bonds is 8. The molecule has 1 rings (SSSR count). The van der Waals surface area contributed by atoms with Gasteiger partial charge in [-0.15, -0.1) is 0 Å². The minimum absolute atomic E-state index is 0.0335. The van der Waals surface area contributed by atoms with E-state index in [4.69, 9.17) is 10.5 Å². The summed E-state index contributed by atoms with van der Waals surface area (Å²) in [5.74, 6) is 1.38. The monoisotopic (exact) mass is 264 g/mol. The van der Waals surface area contributed by atoms with Gasteiger partial charge in [0.2, 0.25) is 5.91 Å². The molecule has 0 saturated heterocycles. The van der Waals surface area contributed by atoms with Crippen LogP contribution < -0.4 is 15.8 Å². The van der Waals surface area contributed by atoms with E-state index in [1.807, 2.05) is 18.2 Å². The van der Waals surface area contributed by atoms with E-state index in [2.05, 4.69) is 25.2 Å². The zero-order valence-corrected chi connectivity index (χ0v) is 11.8. The molecule has 1 aromatic carbocycles. The summed E-state index contributed by atoms with van der Waals surface area (Å²) in [6.45, 7) is 5.85. The van der Waals surface area contributed by atoms with E-state index in [1.54, 1.807) is 0 Å². The van der Waals surface area contributed by atoms with Gasteiger partial charge in [-0.05, 0) is 24.0 Å². The third-order valence-corrected chi connectivity index (χ3v) is 2.81. The maximum absolute atomic E-state index is 11.4. The Balaban J connectivity index is 2.31. The second-order valence-electron chi connectivity index (χ2n) is 4.78. The topological polar surface area (TPSA) is 64.3 Å². The largest absolute Gasteiger partial charge is 0.493 e. The molecule has 1 aromatic rings. The molecule has 0 fully saturated rings. The molecule has 4 nitrogen and oxygen atoms in total. The molecular weight excluding hydrogens is 240 g/mol. The van der Waals surface area contributed by atoms with Crippen molar-refractivity contribution in [2.45, 2.75) is 32.6 Å². The van der Waals surface area contributed by atoms with Gasteiger partial charge in [0.25, 0.3) is 0 Å². The van der Waals surface area contributed by atoms with Crippen LogP contribution in [0.4, 0.5) is 0 Å². The zero-order valence-electron chi connectivity index (χ0n) is 11.8. The van der Waals surface area contributed by atoms with Crippen LogP contribution in [0.3, 0.4) is 0 Å². The summed E-state index contributed by atoms with van der Waals surface area (Å²) in [5.41, 5.74) is 6.52. The van der Waals surface area contributed by atoms with Crippen LogP contribution in [0.1, 0.15) is 38.2 Å². The van der Waals surface area contributed by atoms with Gasteiger partial charge in [-0.1, -0.05) is 32.0 Å². The number of hydrogen-bond donors (Lipinski definition) is 2. The van der Waals surface area contributed by atoms with Crippen molar-refractivity contribution >= 4 is 5.91 Å². The third kappa shape index (κ3) is 5.75. The van der Waals surface area contributed by atoms with Crippen LogP contribution in [0.5, 0.6) is 5.75 Å². The predicted molar refractivity (Wildman–Crippen MR) is 77.3 cm³/mol. The Kier molecular flexibility index (Phi) is 6.97. The standard InChI is InChI=1S/C15H24N2O2/c1-12(2)13-6-3-4-7-14(13)19-11-5-8-15(18)17-10-9-16/h3-4,6-7,12H,5,8-11,16H2,1-2H3,(H,17,18). The van der Waals surface area contributed by atoms with Gasteiger partial charge >= 0.3 is 0 Å². The molecule has 4 heteroatoms. The average molecular weight is 264 g/mol. The summed E-state index contributed by atoms with van der Waals surface area (Å²) in [6.07, 6.45) is 1.19. The van der Waals surface area contributed by atoms with Gasteiger partial charge in [0.15, 0.2) is 0 Å². The second kappa shape index (κ2) is 8.53. The van der Waals surface area contributed by atoms with Gasteiger partial charge in [-0.2, -0.15) is 0 Å². The van der Waals surface area contributed by atoms with Crippen molar-refractivity contribution in [2.75, 3.05) is 19.7 Å². The Morgan fingerprint density at radius 1 is 1.37 bits per heavy atom. The van der Waals surface area contributed by atoms with Crippen LogP contribution >= 0.6 is 0 Å². The lowest BCUT2D eigenvalue weighted by Crippen LogP contribution is -2.29. The summed E-state index contributed by atoms with van der Waals surface area (Å²) in [7, 11) is 0. The molecule has 3 N–H and O–H groups in total. The number of ether oxygens (including phenoxy) is 1. The molecule has 0 aromatic heterocycles. The van der Waals surface area contributed by atoms with Crippen molar-refractivity contribution in [3.8, 4) is 5.75 Å². The number of amides is 1. The fraction of sp³-hybridized carbons (Fsp3) is 0.533. The molecule has 1 amide bonds. The molecular formula is C15H24N2O2. The Morgan fingerprint density at radius 2 is 2.11 bits per heavy atom. The van der Waals surface area contributed by atoms with E-state index in [9.17, 15) is 4.79 Å². The molecule has 0 aliphatic rings. The number of hydrogen-bond acceptors (Lipinski definition) is 3. The lowest BCUT2D eigenvalue weighted by Gasteiger charge is -2.13. The van der Waals surface area contributed by atoms with Gasteiger partial charge in [0.1, 0.15) is 5.75 Å². The summed E-state index contributed by atoms with van der Waals surface area (Å²) >= 11 is 0. The number of carbonyl (C=O) groups excluding carboxylic acids is 1. The summed E-state index contributed by atoms with van der Waals surface area (Å²) in [5, 5.41) is 2.74. The molecule has 19 heavy (non-hydrogen) atoms. The minimum atomic E-state index is 0.0335. The molecule has 0 saturated carbocycles. The van der Waals surface area contributed by atoms with Crippen LogP contribution in [-0.4, -0.2) is 25.6 Å². The van der Waals surface area contributed by atoms with Crippen LogP contribution in [0.25, 0.3) is 0 Å². The van der Waals surface area contributed by atoms with E-state index >= 15 is 0 Å². The normalized spacial score (nSPS) is 10.5. The van der Waals surface area contributed by atoms with Crippen molar-refractivity contribution in [1.82, 2.24) is 5.32 Å². The maximum Gasteiger partial charge on any atom is 0.220 e. The zero-order chi connectivity index (χ0) is 14.1. The SMILES string of the molecule is CC(C)c1ccccc1OCCCC(=O)NCCN. The van der Waals surface area contributed by atoms with E-state index in [-0.39, 0.29) is 5.91 Å². The summed E-state index contributed by atoms with van der Waals surface area (Å²) in [4.78, 5) is 11.4. The third-order valence-electron chi connectivity index (χ3n) is 2.81. The molecule has 0 aliphatic heterocycles. The van der Waals surface area contributed by atoms with Crippen molar-refractivity contribution in [3.05, 3.63) is 29.8 Å². The minimum Gasteiger partial charge on any atom is -0.493 e. The molecule has 0 unspecified atom stereocenters. The van der Waals surface area contributed by atoms with E-state index in [0.717, 1.165) is 5.75 Å². The van der Waals surface area contributed by atoms with Gasteiger partial charge in [0, 0.05) is 19.5 Å². The second-order valence-corrected chi connectivity index (χ2v) is 4.78. The first-order valence-electron chi connectivity index (χ1n) is 6.83. The Labute approximate surface area is 115 Å². The van der Waals surface area contributed by atoms with Crippen molar-refractivity contribution in [3.63, 3.8) is 0 Å². The Bertz CT molecular complexity index is 391. The number of nitrogens with one attached hydrogen (secondary N) is 1. The lowest BCUT2D eigenvalue weighted by atomic mass is 10.0. The highest BCUT2D eigenvalue weighted by molar-refractivity contribution is 5.75. The van der Waals surface area contributed by atoms with Crippen LogP contribution in [0.15, 0.2) is 24.3 Å². The van der Waals surface area contributed by atoms with Gasteiger partial charge in [0.05, 0.1) is 6.61 Å². The summed E-state index contributed by atoms with van der Waals surface area (Å²) < 4.78 is 5.75. The molecule has 0 aliphatic carbocycles. The molecule has 0 bridgehead atoms. The van der Waals surface area contributed by atoms with E-state index in [0.29, 0.717) is 38.5 Å². The van der Waals surface area contributed by atoms with Crippen molar-refractivity contribution < 1.29 is 9.53 Å². The smallest absolute Gasteiger partial charge is 0.220 e. The number of carbonyl (C=O) groups is 1. The van der Waals surface area contributed by atoms with Crippen LogP contribution in [-0.2, 0) is 4.79 Å². The maximum atomic E-state index is 11.4. The first-order chi connectivity index (χ1) is 9.15. The lowest BCUT2D eigenvalue weighted by molar-refractivity contribution is -0.121. The quantitative estimate of drug-likeness (QED) is 0.706. The van der Waals surface area contributed by atoms with Crippen molar-refractivity contribution in [1.29, 1.82) is 0 Å². The predicted octanol–water partition coefficient (Wildman–Crippen LogP) is 2.04. The average Bonchev–Trinajstić information content (AvgIpc) is 2.41. The number of nitrogens with two attached hydrogens (primary N) is 1. The highest BCUT2D eigenvalue weighted by Crippen LogP contribution is 2.25. The Hall–Kier alpha value is -1.55. The molecule has 0 spiro atoms. The number of para-hydroxylation sites is 1. The van der Waals surface area contributed by atoms with Crippen LogP contribution in [0.2, 0.25) is 0 Å². The fourth-order valence-corrected chi connectivity index (χ4v) is 1.80. The van der Waals surface area contributed by atoms with Crippen LogP contribution in [0, 0.1) is 0 Å². The van der Waals surface area contributed by atoms with Gasteiger partial charge in [-0.25, -0.2) is 0 Å². The van der Waals surface area contributed by atoms with Gasteiger partial charge < -0.3 is 15.8 Å². The highest BCUT2D eigenvalue weighted by Gasteiger charge is 2.07. The fourth-order valence-electron chi connectivity index (χ4n) is 1.80. The molecule has 106 valence electrons. The highest BCUT2D eigenvalue weighted by atomic mass is 16.5. The van der Waals surface area contributed by atoms with Crippen molar-refractivity contribution in [2.24, 2.45) is 5.73 Å². The number of benzene rings is 1. The Morgan fingerprint density at radius 3 is 2.79 bits per heavy atom. The van der Waals surface area contributed by atoms with E-state index < -0.39 is 0 Å². The molecule has 0 atom stereocenters. The molecule has 0 heterocycles. The van der Waals surface area contributed by atoms with Gasteiger partial charge in [-0.3, -0.25) is 4.79 Å². The first-order valence-corrected chi connectivity index (χ1v) is 6.83. The summed E-state index contributed by atoms with van der Waals surface area (Å²) in [6, 6.07) is 8.04. The first kappa shape index (κ1) is 15.5. The van der Waals surface area contributed by atoms with E-state index in [1.165, 1.54) is 5.56 Å². The molecule has 0 radical (unpaired) electrons.